The lowest BCUT2D eigenvalue weighted by molar-refractivity contribution is 0.117. The highest BCUT2D eigenvalue weighted by atomic mass is 28.4. The quantitative estimate of drug-likeness (QED) is 0.504. The summed E-state index contributed by atoms with van der Waals surface area (Å²) in [5, 5.41) is 0. The molecule has 0 aromatic heterocycles. The highest BCUT2D eigenvalue weighted by Gasteiger charge is 2.46. The van der Waals surface area contributed by atoms with Crippen LogP contribution in [0.25, 0.3) is 0 Å². The molecule has 0 amide bonds. The van der Waals surface area contributed by atoms with Crippen molar-refractivity contribution in [1.29, 1.82) is 0 Å². The van der Waals surface area contributed by atoms with Crippen LogP contribution in [0.3, 0.4) is 0 Å². The van der Waals surface area contributed by atoms with Crippen molar-refractivity contribution in [1.82, 2.24) is 0 Å². The Kier molecular flexibility index (Phi) is 3.09. The molecular formula is C13H24OSi. The summed E-state index contributed by atoms with van der Waals surface area (Å²) in [5.41, 5.74) is 0.179. The fourth-order valence-corrected chi connectivity index (χ4v) is 6.28. The zero-order valence-corrected chi connectivity index (χ0v) is 11.4. The van der Waals surface area contributed by atoms with Crippen molar-refractivity contribution in [3.63, 3.8) is 0 Å². The van der Waals surface area contributed by atoms with Crippen molar-refractivity contribution in [3.05, 3.63) is 12.2 Å². The van der Waals surface area contributed by atoms with E-state index in [1.54, 1.807) is 0 Å². The van der Waals surface area contributed by atoms with E-state index >= 15 is 0 Å². The molecule has 2 unspecified atom stereocenters. The molecule has 1 fully saturated rings. The second kappa shape index (κ2) is 4.06. The highest BCUT2D eigenvalue weighted by molar-refractivity contribution is 6.73. The van der Waals surface area contributed by atoms with Crippen LogP contribution in [0, 0.1) is 5.92 Å². The molecule has 0 heterocycles. The summed E-state index contributed by atoms with van der Waals surface area (Å²) in [4.78, 5) is 0. The first-order chi connectivity index (χ1) is 7.17. The zero-order valence-electron chi connectivity index (χ0n) is 10.4. The minimum atomic E-state index is -1.40. The second-order valence-electron chi connectivity index (χ2n) is 5.27. The van der Waals surface area contributed by atoms with Gasteiger partial charge in [0.1, 0.15) is 0 Å². The smallest absolute Gasteiger partial charge is 0.193 e. The summed E-state index contributed by atoms with van der Waals surface area (Å²) < 4.78 is 6.68. The number of hydrogen-bond donors (Lipinski definition) is 0. The fraction of sp³-hybridized carbons (Fsp3) is 0.846. The van der Waals surface area contributed by atoms with E-state index in [4.69, 9.17) is 4.43 Å². The van der Waals surface area contributed by atoms with Gasteiger partial charge in [-0.1, -0.05) is 32.9 Å². The normalized spacial score (nSPS) is 33.9. The van der Waals surface area contributed by atoms with Gasteiger partial charge in [-0.25, -0.2) is 0 Å². The lowest BCUT2D eigenvalue weighted by Crippen LogP contribution is -2.44. The third-order valence-corrected chi connectivity index (χ3v) is 9.28. The van der Waals surface area contributed by atoms with Gasteiger partial charge in [-0.2, -0.15) is 0 Å². The van der Waals surface area contributed by atoms with E-state index in [-0.39, 0.29) is 5.60 Å². The van der Waals surface area contributed by atoms with Crippen LogP contribution in [0.4, 0.5) is 0 Å². The average molecular weight is 224 g/mol. The molecule has 15 heavy (non-hydrogen) atoms. The first-order valence-corrected chi connectivity index (χ1v) is 9.10. The Morgan fingerprint density at radius 1 is 1.27 bits per heavy atom. The third-order valence-electron chi connectivity index (χ3n) is 4.57. The molecule has 2 bridgehead atoms. The number of allylic oxidation sites excluding steroid dienone is 1. The van der Waals surface area contributed by atoms with Crippen molar-refractivity contribution in [2.75, 3.05) is 0 Å². The first kappa shape index (κ1) is 11.4. The SMILES string of the molecule is CC[Si](CC)(CC)OC12C=CC(CC1)C2. The number of fused-ring (bicyclic) bond motifs is 2. The van der Waals surface area contributed by atoms with E-state index in [2.05, 4.69) is 32.9 Å². The third kappa shape index (κ3) is 1.94. The molecule has 1 nitrogen and oxygen atoms in total. The van der Waals surface area contributed by atoms with Gasteiger partial charge in [0.05, 0.1) is 5.60 Å². The molecule has 0 aromatic carbocycles. The predicted octanol–water partition coefficient (Wildman–Crippen LogP) is 4.12. The maximum absolute atomic E-state index is 6.68. The molecule has 0 aromatic rings. The van der Waals surface area contributed by atoms with Crippen LogP contribution < -0.4 is 0 Å². The van der Waals surface area contributed by atoms with Crippen LogP contribution in [0.2, 0.25) is 18.1 Å². The average Bonchev–Trinajstić information content (AvgIpc) is 2.86. The van der Waals surface area contributed by atoms with E-state index in [9.17, 15) is 0 Å². The van der Waals surface area contributed by atoms with E-state index in [0.29, 0.717) is 0 Å². The Labute approximate surface area is 95.0 Å². The molecule has 0 spiro atoms. The number of rotatable bonds is 5. The minimum absolute atomic E-state index is 0.179. The summed E-state index contributed by atoms with van der Waals surface area (Å²) in [6.07, 6.45) is 8.69. The zero-order chi connectivity index (χ0) is 10.9. The molecule has 0 N–H and O–H groups in total. The summed E-state index contributed by atoms with van der Waals surface area (Å²) in [6, 6.07) is 3.83. The standard InChI is InChI=1S/C13H24OSi/c1-4-15(5-2,6-3)14-13-9-7-12(11-13)8-10-13/h7,9,12H,4-6,8,10-11H2,1-3H3. The molecule has 86 valence electrons. The van der Waals surface area contributed by atoms with Gasteiger partial charge < -0.3 is 4.43 Å². The van der Waals surface area contributed by atoms with Gasteiger partial charge in [0.15, 0.2) is 8.32 Å². The Bertz CT molecular complexity index is 249. The van der Waals surface area contributed by atoms with Crippen LogP contribution in [0.5, 0.6) is 0 Å². The van der Waals surface area contributed by atoms with E-state index in [1.165, 1.54) is 37.4 Å². The Balaban J connectivity index is 2.09. The lowest BCUT2D eigenvalue weighted by atomic mass is 10.0. The van der Waals surface area contributed by atoms with Crippen molar-refractivity contribution < 1.29 is 4.43 Å². The Morgan fingerprint density at radius 3 is 2.27 bits per heavy atom. The molecule has 2 aliphatic rings. The second-order valence-corrected chi connectivity index (χ2v) is 9.96. The van der Waals surface area contributed by atoms with Crippen LogP contribution in [0.1, 0.15) is 40.0 Å². The van der Waals surface area contributed by atoms with Gasteiger partial charge in [-0.15, -0.1) is 0 Å². The minimum Gasteiger partial charge on any atom is -0.408 e. The fourth-order valence-electron chi connectivity index (χ4n) is 3.23. The van der Waals surface area contributed by atoms with Crippen LogP contribution in [-0.2, 0) is 4.43 Å². The number of hydrogen-bond acceptors (Lipinski definition) is 1. The summed E-state index contributed by atoms with van der Waals surface area (Å²) in [7, 11) is -1.40. The molecule has 2 atom stereocenters. The Morgan fingerprint density at radius 2 is 1.93 bits per heavy atom. The van der Waals surface area contributed by atoms with Crippen molar-refractivity contribution in [2.45, 2.75) is 63.8 Å². The maximum Gasteiger partial charge on any atom is 0.193 e. The predicted molar refractivity (Wildman–Crippen MR) is 67.5 cm³/mol. The van der Waals surface area contributed by atoms with Crippen LogP contribution in [0.15, 0.2) is 12.2 Å². The molecule has 0 saturated heterocycles. The molecule has 2 rings (SSSR count). The molecule has 0 radical (unpaired) electrons. The van der Waals surface area contributed by atoms with Crippen LogP contribution >= 0.6 is 0 Å². The molecule has 1 saturated carbocycles. The van der Waals surface area contributed by atoms with Gasteiger partial charge in [-0.05, 0) is 43.3 Å². The molecular weight excluding hydrogens is 200 g/mol. The molecule has 2 heteroatoms. The van der Waals surface area contributed by atoms with Crippen molar-refractivity contribution in [3.8, 4) is 0 Å². The highest BCUT2D eigenvalue weighted by Crippen LogP contribution is 2.47. The van der Waals surface area contributed by atoms with Crippen molar-refractivity contribution >= 4 is 8.32 Å². The van der Waals surface area contributed by atoms with E-state index in [1.807, 2.05) is 0 Å². The monoisotopic (exact) mass is 224 g/mol. The molecule has 2 aliphatic carbocycles. The first-order valence-electron chi connectivity index (χ1n) is 6.57. The Hall–Kier alpha value is -0.0831. The van der Waals surface area contributed by atoms with Gasteiger partial charge in [-0.3, -0.25) is 0 Å². The van der Waals surface area contributed by atoms with E-state index in [0.717, 1.165) is 5.92 Å². The topological polar surface area (TPSA) is 9.23 Å². The molecule has 0 aliphatic heterocycles. The summed E-state index contributed by atoms with van der Waals surface area (Å²) in [5.74, 6) is 0.835. The van der Waals surface area contributed by atoms with Gasteiger partial charge in [0.25, 0.3) is 0 Å². The maximum atomic E-state index is 6.68. The summed E-state index contributed by atoms with van der Waals surface area (Å²) >= 11 is 0. The van der Waals surface area contributed by atoms with Crippen molar-refractivity contribution in [2.24, 2.45) is 5.92 Å². The van der Waals surface area contributed by atoms with Gasteiger partial charge >= 0.3 is 0 Å². The van der Waals surface area contributed by atoms with Crippen LogP contribution in [-0.4, -0.2) is 13.9 Å². The lowest BCUT2D eigenvalue weighted by Gasteiger charge is -2.38. The van der Waals surface area contributed by atoms with E-state index < -0.39 is 8.32 Å². The summed E-state index contributed by atoms with van der Waals surface area (Å²) in [6.45, 7) is 6.96. The van der Waals surface area contributed by atoms with Gasteiger partial charge in [0, 0.05) is 0 Å². The largest absolute Gasteiger partial charge is 0.408 e. The van der Waals surface area contributed by atoms with Gasteiger partial charge in [0.2, 0.25) is 0 Å².